The van der Waals surface area contributed by atoms with Crippen molar-refractivity contribution in [2.75, 3.05) is 46.3 Å². The third-order valence-corrected chi connectivity index (χ3v) is 3.79. The lowest BCUT2D eigenvalue weighted by Crippen LogP contribution is -2.51. The van der Waals surface area contributed by atoms with Crippen LogP contribution in [0.4, 0.5) is 0 Å². The predicted molar refractivity (Wildman–Crippen MR) is 80.2 cm³/mol. The molecule has 1 saturated heterocycles. The van der Waals surface area contributed by atoms with E-state index < -0.39 is 0 Å². The Labute approximate surface area is 118 Å². The van der Waals surface area contributed by atoms with E-state index in [-0.39, 0.29) is 5.92 Å². The highest BCUT2D eigenvalue weighted by Crippen LogP contribution is 2.19. The molecule has 0 aromatic carbocycles. The average Bonchev–Trinajstić information content (AvgIpc) is 2.35. The number of hydrogen-bond acceptors (Lipinski definition) is 3. The number of amides is 1. The first kappa shape index (κ1) is 16.4. The molecular formula is C15H31N3O. The van der Waals surface area contributed by atoms with E-state index in [0.717, 1.165) is 39.3 Å². The molecule has 0 radical (unpaired) electrons. The minimum Gasteiger partial charge on any atom is -0.340 e. The Morgan fingerprint density at radius 3 is 2.26 bits per heavy atom. The summed E-state index contributed by atoms with van der Waals surface area (Å²) in [7, 11) is 1.90. The topological polar surface area (TPSA) is 35.6 Å². The van der Waals surface area contributed by atoms with Crippen molar-refractivity contribution in [3.05, 3.63) is 0 Å². The van der Waals surface area contributed by atoms with Gasteiger partial charge in [0.05, 0.1) is 0 Å². The van der Waals surface area contributed by atoms with Gasteiger partial charge in [-0.15, -0.1) is 0 Å². The Bertz CT molecular complexity index is 278. The molecule has 1 N–H and O–H groups in total. The molecule has 0 bridgehead atoms. The zero-order valence-electron chi connectivity index (χ0n) is 13.3. The number of piperazine rings is 1. The molecule has 112 valence electrons. The van der Waals surface area contributed by atoms with Crippen LogP contribution in [-0.4, -0.2) is 62.0 Å². The number of hydrogen-bond donors (Lipinski definition) is 1. The quantitative estimate of drug-likeness (QED) is 0.820. The fourth-order valence-corrected chi connectivity index (χ4v) is 2.39. The number of rotatable bonds is 5. The summed E-state index contributed by atoms with van der Waals surface area (Å²) in [6.07, 6.45) is 1.22. The van der Waals surface area contributed by atoms with E-state index in [4.69, 9.17) is 0 Å². The Morgan fingerprint density at radius 2 is 1.79 bits per heavy atom. The molecule has 1 amide bonds. The zero-order chi connectivity index (χ0) is 14.5. The Kier molecular flexibility index (Phi) is 6.27. The van der Waals surface area contributed by atoms with Gasteiger partial charge in [0.25, 0.3) is 0 Å². The fourth-order valence-electron chi connectivity index (χ4n) is 2.39. The van der Waals surface area contributed by atoms with Crippen LogP contribution in [0.2, 0.25) is 0 Å². The lowest BCUT2D eigenvalue weighted by atomic mass is 9.92. The molecule has 0 saturated carbocycles. The van der Waals surface area contributed by atoms with Crippen molar-refractivity contribution in [3.8, 4) is 0 Å². The maximum Gasteiger partial charge on any atom is 0.226 e. The number of carbonyl (C=O) groups excluding carboxylic acids is 1. The third kappa shape index (κ3) is 5.91. The van der Waals surface area contributed by atoms with E-state index in [1.807, 2.05) is 18.9 Å². The Morgan fingerprint density at radius 1 is 1.21 bits per heavy atom. The van der Waals surface area contributed by atoms with Crippen LogP contribution < -0.4 is 5.32 Å². The molecule has 1 atom stereocenters. The van der Waals surface area contributed by atoms with Gasteiger partial charge in [-0.05, 0) is 25.4 Å². The smallest absolute Gasteiger partial charge is 0.226 e. The van der Waals surface area contributed by atoms with Crippen LogP contribution in [0.3, 0.4) is 0 Å². The molecule has 0 aromatic heterocycles. The van der Waals surface area contributed by atoms with Gasteiger partial charge in [0.2, 0.25) is 5.91 Å². The van der Waals surface area contributed by atoms with E-state index in [2.05, 4.69) is 31.0 Å². The van der Waals surface area contributed by atoms with Gasteiger partial charge >= 0.3 is 0 Å². The molecule has 1 heterocycles. The van der Waals surface area contributed by atoms with Crippen molar-refractivity contribution in [1.82, 2.24) is 15.1 Å². The molecule has 1 fully saturated rings. The van der Waals surface area contributed by atoms with Gasteiger partial charge in [-0.25, -0.2) is 0 Å². The van der Waals surface area contributed by atoms with Crippen molar-refractivity contribution in [2.24, 2.45) is 11.3 Å². The fraction of sp³-hybridized carbons (Fsp3) is 0.933. The van der Waals surface area contributed by atoms with Crippen LogP contribution >= 0.6 is 0 Å². The molecule has 1 aliphatic heterocycles. The van der Waals surface area contributed by atoms with Crippen molar-refractivity contribution < 1.29 is 4.79 Å². The van der Waals surface area contributed by atoms with E-state index in [9.17, 15) is 4.79 Å². The molecule has 0 aromatic rings. The first-order chi connectivity index (χ1) is 8.83. The van der Waals surface area contributed by atoms with Crippen LogP contribution in [0.1, 0.15) is 34.1 Å². The van der Waals surface area contributed by atoms with E-state index >= 15 is 0 Å². The van der Waals surface area contributed by atoms with Crippen molar-refractivity contribution in [1.29, 1.82) is 0 Å². The highest BCUT2D eigenvalue weighted by molar-refractivity contribution is 5.78. The van der Waals surface area contributed by atoms with Crippen LogP contribution in [0.5, 0.6) is 0 Å². The van der Waals surface area contributed by atoms with E-state index in [1.165, 1.54) is 6.42 Å². The van der Waals surface area contributed by atoms with Gasteiger partial charge in [0.1, 0.15) is 0 Å². The lowest BCUT2D eigenvalue weighted by Gasteiger charge is -2.37. The van der Waals surface area contributed by atoms with Gasteiger partial charge in [0.15, 0.2) is 0 Å². The van der Waals surface area contributed by atoms with Crippen molar-refractivity contribution in [3.63, 3.8) is 0 Å². The van der Waals surface area contributed by atoms with E-state index in [0.29, 0.717) is 11.3 Å². The summed E-state index contributed by atoms with van der Waals surface area (Å²) in [6, 6.07) is 0. The van der Waals surface area contributed by atoms with Gasteiger partial charge in [-0.1, -0.05) is 27.7 Å². The number of nitrogens with one attached hydrogen (secondary N) is 1. The molecule has 0 aliphatic carbocycles. The highest BCUT2D eigenvalue weighted by atomic mass is 16.2. The summed E-state index contributed by atoms with van der Waals surface area (Å²) < 4.78 is 0. The highest BCUT2D eigenvalue weighted by Gasteiger charge is 2.24. The Balaban J connectivity index is 2.30. The van der Waals surface area contributed by atoms with Gasteiger partial charge in [-0.2, -0.15) is 0 Å². The minimum atomic E-state index is 0.0890. The molecule has 1 unspecified atom stereocenters. The zero-order valence-corrected chi connectivity index (χ0v) is 13.3. The summed E-state index contributed by atoms with van der Waals surface area (Å²) in [5.41, 5.74) is 0.397. The van der Waals surface area contributed by atoms with Crippen LogP contribution in [0.15, 0.2) is 0 Å². The third-order valence-electron chi connectivity index (χ3n) is 3.79. The van der Waals surface area contributed by atoms with Crippen LogP contribution in [-0.2, 0) is 4.79 Å². The van der Waals surface area contributed by atoms with Gasteiger partial charge in [0, 0.05) is 38.6 Å². The van der Waals surface area contributed by atoms with Gasteiger partial charge < -0.3 is 10.2 Å². The molecule has 4 heteroatoms. The SMILES string of the molecule is CNCC(C)C(=O)N1CCN(CCC(C)(C)C)CC1. The van der Waals surface area contributed by atoms with Crippen molar-refractivity contribution >= 4 is 5.91 Å². The molecular weight excluding hydrogens is 238 g/mol. The molecule has 0 spiro atoms. The average molecular weight is 269 g/mol. The predicted octanol–water partition coefficient (Wildman–Crippen LogP) is 1.42. The summed E-state index contributed by atoms with van der Waals surface area (Å²) >= 11 is 0. The van der Waals surface area contributed by atoms with Crippen molar-refractivity contribution in [2.45, 2.75) is 34.1 Å². The second-order valence-corrected chi connectivity index (χ2v) is 6.94. The lowest BCUT2D eigenvalue weighted by molar-refractivity contribution is -0.136. The minimum absolute atomic E-state index is 0.0890. The van der Waals surface area contributed by atoms with E-state index in [1.54, 1.807) is 0 Å². The largest absolute Gasteiger partial charge is 0.340 e. The molecule has 1 rings (SSSR count). The summed E-state index contributed by atoms with van der Waals surface area (Å²) in [5, 5.41) is 3.08. The number of carbonyl (C=O) groups is 1. The summed E-state index contributed by atoms with van der Waals surface area (Å²) in [6.45, 7) is 14.6. The Hall–Kier alpha value is -0.610. The standard InChI is InChI=1S/C15H31N3O/c1-13(12-16-5)14(19)18-10-8-17(9-11-18)7-6-15(2,3)4/h13,16H,6-12H2,1-5H3. The first-order valence-corrected chi connectivity index (χ1v) is 7.49. The normalized spacial score (nSPS) is 19.5. The second kappa shape index (κ2) is 7.25. The monoisotopic (exact) mass is 269 g/mol. The van der Waals surface area contributed by atoms with Crippen LogP contribution in [0.25, 0.3) is 0 Å². The summed E-state index contributed by atoms with van der Waals surface area (Å²) in [5.74, 6) is 0.385. The molecule has 4 nitrogen and oxygen atoms in total. The molecule has 1 aliphatic rings. The van der Waals surface area contributed by atoms with Gasteiger partial charge in [-0.3, -0.25) is 9.69 Å². The van der Waals surface area contributed by atoms with Crippen LogP contribution in [0, 0.1) is 11.3 Å². The second-order valence-electron chi connectivity index (χ2n) is 6.94. The molecule has 19 heavy (non-hydrogen) atoms. The number of nitrogens with zero attached hydrogens (tertiary/aromatic N) is 2. The summed E-state index contributed by atoms with van der Waals surface area (Å²) in [4.78, 5) is 16.7. The maximum atomic E-state index is 12.2. The first-order valence-electron chi connectivity index (χ1n) is 7.49. The maximum absolute atomic E-state index is 12.2.